The van der Waals surface area contributed by atoms with E-state index in [1.165, 1.54) is 22.3 Å². The smallest absolute Gasteiger partial charge is 0.258 e. The molecule has 5 rings (SSSR count). The Morgan fingerprint density at radius 1 is 0.815 bits per heavy atom. The van der Waals surface area contributed by atoms with Crippen LogP contribution in [0.5, 0.6) is 0 Å². The minimum atomic E-state index is -0.305. The third-order valence-electron chi connectivity index (χ3n) is 6.78. The summed E-state index contributed by atoms with van der Waals surface area (Å²) in [7, 11) is 0. The van der Waals surface area contributed by atoms with Crippen molar-refractivity contribution in [1.29, 1.82) is 0 Å². The molecule has 0 saturated heterocycles. The Bertz CT molecular complexity index is 1120. The Morgan fingerprint density at radius 3 is 2.30 bits per heavy atom. The predicted octanol–water partition coefficient (Wildman–Crippen LogP) is 5.86. The summed E-state index contributed by atoms with van der Waals surface area (Å²) in [4.78, 5) is 11.2. The van der Waals surface area contributed by atoms with Crippen molar-refractivity contribution < 1.29 is 4.92 Å². The van der Waals surface area contributed by atoms with Crippen molar-refractivity contribution in [3.05, 3.63) is 117 Å². The first kappa shape index (κ1) is 16.0. The van der Waals surface area contributed by atoms with Gasteiger partial charge in [-0.15, -0.1) is 0 Å². The molecule has 4 aliphatic carbocycles. The maximum Gasteiger partial charge on any atom is 0.277 e. The molecule has 0 aliphatic heterocycles. The zero-order valence-corrected chi connectivity index (χ0v) is 15.3. The van der Waals surface area contributed by atoms with E-state index in [-0.39, 0.29) is 21.4 Å². The van der Waals surface area contributed by atoms with E-state index in [0.717, 1.165) is 5.57 Å². The number of para-hydroxylation sites is 1. The van der Waals surface area contributed by atoms with Gasteiger partial charge in [0, 0.05) is 16.9 Å². The number of nitro benzene ring substituents is 1. The first-order valence-corrected chi connectivity index (χ1v) is 9.14. The van der Waals surface area contributed by atoms with Crippen molar-refractivity contribution in [3.63, 3.8) is 0 Å². The lowest BCUT2D eigenvalue weighted by Crippen LogP contribution is -2.47. The molecule has 0 aromatic heterocycles. The van der Waals surface area contributed by atoms with Gasteiger partial charge >= 0.3 is 0 Å². The van der Waals surface area contributed by atoms with Gasteiger partial charge in [-0.1, -0.05) is 68.5 Å². The van der Waals surface area contributed by atoms with E-state index in [0.29, 0.717) is 5.56 Å². The van der Waals surface area contributed by atoms with E-state index in [9.17, 15) is 10.1 Å². The molecule has 0 heterocycles. The van der Waals surface area contributed by atoms with Crippen LogP contribution in [0.1, 0.15) is 19.4 Å². The molecule has 1 aromatic carbocycles. The average Bonchev–Trinajstić information content (AvgIpc) is 2.66. The van der Waals surface area contributed by atoms with Crippen LogP contribution in [0.4, 0.5) is 5.69 Å². The second-order valence-corrected chi connectivity index (χ2v) is 7.78. The van der Waals surface area contributed by atoms with Gasteiger partial charge in [0.2, 0.25) is 0 Å². The highest BCUT2D eigenvalue weighted by molar-refractivity contribution is 5.86. The van der Waals surface area contributed by atoms with Gasteiger partial charge in [-0.2, -0.15) is 0 Å². The van der Waals surface area contributed by atoms with Gasteiger partial charge in [-0.3, -0.25) is 10.1 Å². The van der Waals surface area contributed by atoms with E-state index >= 15 is 0 Å². The highest BCUT2D eigenvalue weighted by Crippen LogP contribution is 2.65. The standard InChI is InChI=1S/C24H19NO2/c1-23-17-6-5-7-18(23)11-13-20-15-16(14-19(12-10-17)24(20,23)2)21-8-3-4-9-22(21)25(26)27/h3-15H,1-2H3. The zero-order chi connectivity index (χ0) is 18.8. The van der Waals surface area contributed by atoms with Crippen LogP contribution in [0.25, 0.3) is 5.57 Å². The lowest BCUT2D eigenvalue weighted by Gasteiger charge is -2.56. The van der Waals surface area contributed by atoms with Crippen LogP contribution in [0.2, 0.25) is 0 Å². The van der Waals surface area contributed by atoms with E-state index in [1.807, 2.05) is 12.1 Å². The van der Waals surface area contributed by atoms with Crippen LogP contribution in [0, 0.1) is 20.9 Å². The van der Waals surface area contributed by atoms with Crippen molar-refractivity contribution in [1.82, 2.24) is 0 Å². The quantitative estimate of drug-likeness (QED) is 0.493. The fourth-order valence-corrected chi connectivity index (χ4v) is 5.01. The van der Waals surface area contributed by atoms with Crippen LogP contribution in [-0.2, 0) is 0 Å². The molecule has 0 saturated carbocycles. The minimum Gasteiger partial charge on any atom is -0.258 e. The van der Waals surface area contributed by atoms with E-state index in [2.05, 4.69) is 68.5 Å². The molecule has 0 bridgehead atoms. The lowest BCUT2D eigenvalue weighted by atomic mass is 9.46. The van der Waals surface area contributed by atoms with E-state index in [4.69, 9.17) is 0 Å². The van der Waals surface area contributed by atoms with Gasteiger partial charge in [0.1, 0.15) is 0 Å². The number of nitrogens with zero attached hydrogens (tertiary/aromatic N) is 1. The summed E-state index contributed by atoms with van der Waals surface area (Å²) in [5, 5.41) is 11.5. The monoisotopic (exact) mass is 353 g/mol. The SMILES string of the molecule is CC12C3=CC=CC1=CC=C1C=C(c4ccccc4[N+](=O)[O-])C=C(C=C3)C12C. The van der Waals surface area contributed by atoms with Crippen molar-refractivity contribution >= 4 is 11.3 Å². The first-order valence-electron chi connectivity index (χ1n) is 9.14. The molecular weight excluding hydrogens is 334 g/mol. The van der Waals surface area contributed by atoms with Crippen LogP contribution < -0.4 is 0 Å². The van der Waals surface area contributed by atoms with Crippen LogP contribution in [0.3, 0.4) is 0 Å². The Hall–Kier alpha value is -3.20. The number of hydrogen-bond acceptors (Lipinski definition) is 2. The summed E-state index contributed by atoms with van der Waals surface area (Å²) >= 11 is 0. The minimum absolute atomic E-state index is 0.128. The summed E-state index contributed by atoms with van der Waals surface area (Å²) in [6.07, 6.45) is 19.5. The van der Waals surface area contributed by atoms with E-state index < -0.39 is 0 Å². The average molecular weight is 353 g/mol. The number of rotatable bonds is 2. The lowest BCUT2D eigenvalue weighted by molar-refractivity contribution is -0.385. The molecule has 3 nitrogen and oxygen atoms in total. The number of nitro groups is 1. The number of benzene rings is 1. The Kier molecular flexibility index (Phi) is 3.06. The predicted molar refractivity (Wildman–Crippen MR) is 108 cm³/mol. The molecule has 0 fully saturated rings. The molecule has 4 aliphatic rings. The van der Waals surface area contributed by atoms with Gasteiger partial charge in [-0.05, 0) is 46.1 Å². The molecule has 0 amide bonds. The number of hydrogen-bond donors (Lipinski definition) is 0. The van der Waals surface area contributed by atoms with Crippen LogP contribution in [0.15, 0.2) is 101 Å². The third kappa shape index (κ3) is 1.86. The fourth-order valence-electron chi connectivity index (χ4n) is 5.01. The van der Waals surface area contributed by atoms with Crippen LogP contribution >= 0.6 is 0 Å². The summed E-state index contributed by atoms with van der Waals surface area (Å²) < 4.78 is 0. The van der Waals surface area contributed by atoms with Crippen molar-refractivity contribution in [2.24, 2.45) is 10.8 Å². The zero-order valence-electron chi connectivity index (χ0n) is 15.3. The van der Waals surface area contributed by atoms with E-state index in [1.54, 1.807) is 12.1 Å². The molecule has 0 N–H and O–H groups in total. The van der Waals surface area contributed by atoms with Crippen molar-refractivity contribution in [2.45, 2.75) is 13.8 Å². The molecule has 27 heavy (non-hydrogen) atoms. The Morgan fingerprint density at radius 2 is 1.48 bits per heavy atom. The summed E-state index contributed by atoms with van der Waals surface area (Å²) in [5.74, 6) is 0. The second-order valence-electron chi connectivity index (χ2n) is 7.78. The van der Waals surface area contributed by atoms with Crippen molar-refractivity contribution in [3.8, 4) is 0 Å². The summed E-state index contributed by atoms with van der Waals surface area (Å²) in [6, 6.07) is 6.97. The molecule has 132 valence electrons. The summed E-state index contributed by atoms with van der Waals surface area (Å²) in [5.41, 5.74) is 6.40. The highest BCUT2D eigenvalue weighted by Gasteiger charge is 2.55. The molecule has 3 heteroatoms. The summed E-state index contributed by atoms with van der Waals surface area (Å²) in [6.45, 7) is 4.60. The van der Waals surface area contributed by atoms with Gasteiger partial charge < -0.3 is 0 Å². The third-order valence-corrected chi connectivity index (χ3v) is 6.78. The normalized spacial score (nSPS) is 29.8. The Balaban J connectivity index is 1.78. The molecule has 1 aromatic rings. The maximum atomic E-state index is 11.5. The highest BCUT2D eigenvalue weighted by atomic mass is 16.6. The molecular formula is C24H19NO2. The fraction of sp³-hybridized carbons (Fsp3) is 0.167. The van der Waals surface area contributed by atoms with Crippen molar-refractivity contribution in [2.75, 3.05) is 0 Å². The molecule has 2 atom stereocenters. The van der Waals surface area contributed by atoms with Crippen LogP contribution in [-0.4, -0.2) is 4.92 Å². The van der Waals surface area contributed by atoms with Gasteiger partial charge in [0.05, 0.1) is 10.5 Å². The van der Waals surface area contributed by atoms with Gasteiger partial charge in [0.15, 0.2) is 0 Å². The van der Waals surface area contributed by atoms with Gasteiger partial charge in [0.25, 0.3) is 5.69 Å². The largest absolute Gasteiger partial charge is 0.277 e. The second kappa shape index (κ2) is 5.17. The van der Waals surface area contributed by atoms with Gasteiger partial charge in [-0.25, -0.2) is 0 Å². The topological polar surface area (TPSA) is 43.1 Å². The Labute approximate surface area is 158 Å². The molecule has 0 spiro atoms. The number of allylic oxidation sites excluding steroid dienone is 14. The molecule has 0 radical (unpaired) electrons. The first-order chi connectivity index (χ1) is 13.0. The molecule has 2 unspecified atom stereocenters. The maximum absolute atomic E-state index is 11.5.